The minimum atomic E-state index is 0.696. The molecule has 90 valence electrons. The van der Waals surface area contributed by atoms with Crippen molar-refractivity contribution in [3.8, 4) is 0 Å². The lowest BCUT2D eigenvalue weighted by molar-refractivity contribution is 1.29. The van der Waals surface area contributed by atoms with Crippen molar-refractivity contribution in [1.29, 1.82) is 0 Å². The molecule has 3 aromatic rings. The van der Waals surface area contributed by atoms with Gasteiger partial charge >= 0.3 is 0 Å². The Balaban J connectivity index is 2.04. The molecule has 0 amide bonds. The molecule has 0 bridgehead atoms. The summed E-state index contributed by atoms with van der Waals surface area (Å²) < 4.78 is 1.13. The van der Waals surface area contributed by atoms with E-state index >= 15 is 0 Å². The van der Waals surface area contributed by atoms with Crippen LogP contribution in [0.5, 0.6) is 0 Å². The zero-order chi connectivity index (χ0) is 12.5. The smallest absolute Gasteiger partial charge is 0.157 e. The Hall–Kier alpha value is -1.65. The van der Waals surface area contributed by atoms with Gasteiger partial charge in [-0.1, -0.05) is 17.7 Å². The van der Waals surface area contributed by atoms with Gasteiger partial charge in [-0.3, -0.25) is 0 Å². The number of thiazole rings is 1. The molecule has 2 heterocycles. The first-order valence-electron chi connectivity index (χ1n) is 5.47. The fourth-order valence-electron chi connectivity index (χ4n) is 1.76. The molecule has 0 unspecified atom stereocenters. The van der Waals surface area contributed by atoms with Crippen molar-refractivity contribution >= 4 is 44.7 Å². The number of nitrogens with one attached hydrogen (secondary N) is 1. The summed E-state index contributed by atoms with van der Waals surface area (Å²) in [5.74, 6) is 0.763. The summed E-state index contributed by atoms with van der Waals surface area (Å²) in [4.78, 5) is 8.83. The summed E-state index contributed by atoms with van der Waals surface area (Å²) in [7, 11) is 0. The maximum atomic E-state index is 5.96. The van der Waals surface area contributed by atoms with Crippen molar-refractivity contribution in [2.45, 2.75) is 6.92 Å². The zero-order valence-corrected chi connectivity index (χ0v) is 11.2. The van der Waals surface area contributed by atoms with Crippen LogP contribution in [0, 0.1) is 6.92 Å². The molecule has 2 aromatic heterocycles. The SMILES string of the molecule is Cc1nc2c(Nc3cccc(Cl)c3)nccc2s1. The van der Waals surface area contributed by atoms with Gasteiger partial charge in [0, 0.05) is 16.9 Å². The maximum absolute atomic E-state index is 5.96. The Labute approximate surface area is 113 Å². The quantitative estimate of drug-likeness (QED) is 0.753. The highest BCUT2D eigenvalue weighted by Crippen LogP contribution is 2.28. The number of benzene rings is 1. The molecule has 3 nitrogen and oxygen atoms in total. The van der Waals surface area contributed by atoms with E-state index in [1.807, 2.05) is 37.3 Å². The largest absolute Gasteiger partial charge is 0.338 e. The van der Waals surface area contributed by atoms with Gasteiger partial charge in [-0.2, -0.15) is 0 Å². The topological polar surface area (TPSA) is 37.8 Å². The van der Waals surface area contributed by atoms with E-state index in [-0.39, 0.29) is 0 Å². The number of hydrogen-bond donors (Lipinski definition) is 1. The average Bonchev–Trinajstić information content (AvgIpc) is 2.71. The predicted molar refractivity (Wildman–Crippen MR) is 76.9 cm³/mol. The molecule has 0 radical (unpaired) electrons. The number of nitrogens with zero attached hydrogens (tertiary/aromatic N) is 2. The van der Waals surface area contributed by atoms with Crippen LogP contribution in [-0.4, -0.2) is 9.97 Å². The van der Waals surface area contributed by atoms with E-state index in [2.05, 4.69) is 15.3 Å². The molecule has 1 N–H and O–H groups in total. The number of halogens is 1. The van der Waals surface area contributed by atoms with Crippen LogP contribution in [0.25, 0.3) is 10.2 Å². The lowest BCUT2D eigenvalue weighted by Gasteiger charge is -2.05. The number of anilines is 2. The molecule has 3 rings (SSSR count). The van der Waals surface area contributed by atoms with E-state index in [1.54, 1.807) is 17.5 Å². The van der Waals surface area contributed by atoms with Crippen LogP contribution in [0.4, 0.5) is 11.5 Å². The number of pyridine rings is 1. The molecule has 5 heteroatoms. The van der Waals surface area contributed by atoms with Gasteiger partial charge in [0.25, 0.3) is 0 Å². The van der Waals surface area contributed by atoms with E-state index < -0.39 is 0 Å². The third-order valence-electron chi connectivity index (χ3n) is 2.50. The molecular weight excluding hydrogens is 266 g/mol. The van der Waals surface area contributed by atoms with Crippen molar-refractivity contribution < 1.29 is 0 Å². The summed E-state index contributed by atoms with van der Waals surface area (Å²) >= 11 is 7.62. The van der Waals surface area contributed by atoms with Gasteiger partial charge < -0.3 is 5.32 Å². The molecule has 1 aromatic carbocycles. The lowest BCUT2D eigenvalue weighted by Crippen LogP contribution is -1.94. The summed E-state index contributed by atoms with van der Waals surface area (Å²) in [5.41, 5.74) is 1.81. The van der Waals surface area contributed by atoms with Crippen LogP contribution in [-0.2, 0) is 0 Å². The molecule has 0 aliphatic rings. The molecule has 18 heavy (non-hydrogen) atoms. The highest BCUT2D eigenvalue weighted by Gasteiger charge is 2.07. The van der Waals surface area contributed by atoms with Gasteiger partial charge in [-0.05, 0) is 31.2 Å². The predicted octanol–water partition coefficient (Wildman–Crippen LogP) is 4.40. The number of rotatable bonds is 2. The minimum Gasteiger partial charge on any atom is -0.338 e. The van der Waals surface area contributed by atoms with E-state index in [0.29, 0.717) is 5.02 Å². The van der Waals surface area contributed by atoms with Gasteiger partial charge in [0.2, 0.25) is 0 Å². The second-order valence-corrected chi connectivity index (χ2v) is 5.55. The fraction of sp³-hybridized carbons (Fsp3) is 0.0769. The first-order valence-corrected chi connectivity index (χ1v) is 6.66. The summed E-state index contributed by atoms with van der Waals surface area (Å²) in [6, 6.07) is 9.53. The summed E-state index contributed by atoms with van der Waals surface area (Å²) in [6.45, 7) is 1.99. The van der Waals surface area contributed by atoms with Crippen LogP contribution in [0.1, 0.15) is 5.01 Å². The van der Waals surface area contributed by atoms with Crippen LogP contribution in [0.3, 0.4) is 0 Å². The first kappa shape index (κ1) is 11.4. The van der Waals surface area contributed by atoms with Gasteiger partial charge in [-0.25, -0.2) is 9.97 Å². The standard InChI is InChI=1S/C13H10ClN3S/c1-8-16-12-11(18-8)5-6-15-13(12)17-10-4-2-3-9(14)7-10/h2-7H,1H3,(H,15,17). The van der Waals surface area contributed by atoms with E-state index in [0.717, 1.165) is 26.7 Å². The Bertz CT molecular complexity index is 708. The molecule has 0 saturated carbocycles. The van der Waals surface area contributed by atoms with Crippen LogP contribution >= 0.6 is 22.9 Å². The lowest BCUT2D eigenvalue weighted by atomic mass is 10.3. The minimum absolute atomic E-state index is 0.696. The zero-order valence-electron chi connectivity index (χ0n) is 9.64. The Morgan fingerprint density at radius 3 is 3.00 bits per heavy atom. The van der Waals surface area contributed by atoms with E-state index in [9.17, 15) is 0 Å². The summed E-state index contributed by atoms with van der Waals surface area (Å²) in [5, 5.41) is 4.98. The summed E-state index contributed by atoms with van der Waals surface area (Å²) in [6.07, 6.45) is 1.78. The number of aryl methyl sites for hydroxylation is 1. The van der Waals surface area contributed by atoms with Crippen molar-refractivity contribution in [2.24, 2.45) is 0 Å². The third kappa shape index (κ3) is 2.17. The van der Waals surface area contributed by atoms with Crippen LogP contribution < -0.4 is 5.32 Å². The highest BCUT2D eigenvalue weighted by atomic mass is 35.5. The average molecular weight is 276 g/mol. The molecule has 0 aliphatic carbocycles. The van der Waals surface area contributed by atoms with Crippen molar-refractivity contribution in [3.05, 3.63) is 46.6 Å². The molecule has 0 spiro atoms. The van der Waals surface area contributed by atoms with Gasteiger partial charge in [0.05, 0.1) is 9.71 Å². The number of fused-ring (bicyclic) bond motifs is 1. The van der Waals surface area contributed by atoms with Gasteiger partial charge in [0.1, 0.15) is 5.52 Å². The van der Waals surface area contributed by atoms with Crippen molar-refractivity contribution in [1.82, 2.24) is 9.97 Å². The van der Waals surface area contributed by atoms with Crippen LogP contribution in [0.2, 0.25) is 5.02 Å². The second-order valence-electron chi connectivity index (χ2n) is 3.87. The molecular formula is C13H10ClN3S. The fourth-order valence-corrected chi connectivity index (χ4v) is 2.77. The molecule has 0 saturated heterocycles. The van der Waals surface area contributed by atoms with E-state index in [4.69, 9.17) is 11.6 Å². The Morgan fingerprint density at radius 1 is 1.28 bits per heavy atom. The van der Waals surface area contributed by atoms with Crippen LogP contribution in [0.15, 0.2) is 36.5 Å². The van der Waals surface area contributed by atoms with Crippen molar-refractivity contribution in [2.75, 3.05) is 5.32 Å². The Kier molecular flexibility index (Phi) is 2.89. The van der Waals surface area contributed by atoms with Gasteiger partial charge in [0.15, 0.2) is 5.82 Å². The molecule has 0 aliphatic heterocycles. The van der Waals surface area contributed by atoms with E-state index in [1.165, 1.54) is 0 Å². The molecule has 0 fully saturated rings. The number of hydrogen-bond acceptors (Lipinski definition) is 4. The highest BCUT2D eigenvalue weighted by molar-refractivity contribution is 7.18. The monoisotopic (exact) mass is 275 g/mol. The maximum Gasteiger partial charge on any atom is 0.157 e. The van der Waals surface area contributed by atoms with Gasteiger partial charge in [-0.15, -0.1) is 11.3 Å². The second kappa shape index (κ2) is 4.55. The Morgan fingerprint density at radius 2 is 2.17 bits per heavy atom. The third-order valence-corrected chi connectivity index (χ3v) is 3.67. The van der Waals surface area contributed by atoms with Crippen molar-refractivity contribution in [3.63, 3.8) is 0 Å². The molecule has 0 atom stereocenters. The number of aromatic nitrogens is 2. The first-order chi connectivity index (χ1) is 8.72. The normalized spacial score (nSPS) is 10.8.